The zero-order valence-electron chi connectivity index (χ0n) is 14.6. The molecule has 0 amide bonds. The van der Waals surface area contributed by atoms with Crippen molar-refractivity contribution >= 4 is 29.1 Å². The number of hydrogen-bond donors (Lipinski definition) is 2. The van der Waals surface area contributed by atoms with Crippen LogP contribution in [0.4, 0.5) is 21.8 Å². The maximum atomic E-state index is 14.2. The summed E-state index contributed by atoms with van der Waals surface area (Å²) >= 11 is 6.14. The second-order valence-corrected chi connectivity index (χ2v) is 6.93. The lowest BCUT2D eigenvalue weighted by atomic mass is 10.2. The van der Waals surface area contributed by atoms with E-state index in [2.05, 4.69) is 25.6 Å². The molecule has 0 bridgehead atoms. The minimum Gasteiger partial charge on any atom is -0.351 e. The number of anilines is 3. The highest BCUT2D eigenvalue weighted by Gasteiger charge is 2.17. The Kier molecular flexibility index (Phi) is 5.16. The largest absolute Gasteiger partial charge is 0.351 e. The molecule has 0 atom stereocenters. The average Bonchev–Trinajstić information content (AvgIpc) is 3.18. The summed E-state index contributed by atoms with van der Waals surface area (Å²) in [6.07, 6.45) is 6.31. The zero-order chi connectivity index (χ0) is 18.6. The zero-order valence-corrected chi connectivity index (χ0v) is 15.4. The van der Waals surface area contributed by atoms with Gasteiger partial charge in [-0.25, -0.2) is 9.37 Å². The van der Waals surface area contributed by atoms with Crippen LogP contribution in [-0.2, 0) is 0 Å². The molecule has 1 aliphatic carbocycles. The Morgan fingerprint density at radius 2 is 1.85 bits per heavy atom. The van der Waals surface area contributed by atoms with Gasteiger partial charge in [0.15, 0.2) is 0 Å². The Bertz CT molecular complexity index is 909. The van der Waals surface area contributed by atoms with E-state index in [-0.39, 0.29) is 5.69 Å². The van der Waals surface area contributed by atoms with E-state index in [1.807, 2.05) is 18.2 Å². The number of pyridine rings is 1. The van der Waals surface area contributed by atoms with Gasteiger partial charge in [-0.05, 0) is 37.1 Å². The first kappa shape index (κ1) is 17.7. The number of para-hydroxylation sites is 1. The first-order chi connectivity index (χ1) is 13.2. The molecule has 2 heterocycles. The molecule has 1 saturated carbocycles. The quantitative estimate of drug-likeness (QED) is 0.615. The number of nitrogens with zero attached hydrogens (tertiary/aromatic N) is 3. The monoisotopic (exact) mass is 383 g/mol. The van der Waals surface area contributed by atoms with Crippen molar-refractivity contribution in [2.75, 3.05) is 10.6 Å². The number of benzene rings is 1. The van der Waals surface area contributed by atoms with Crippen molar-refractivity contribution in [3.05, 3.63) is 59.5 Å². The maximum Gasteiger partial charge on any atom is 0.225 e. The fourth-order valence-corrected chi connectivity index (χ4v) is 3.43. The molecule has 0 saturated heterocycles. The molecule has 138 valence electrons. The molecular formula is C20H19ClFN5. The summed E-state index contributed by atoms with van der Waals surface area (Å²) in [5.41, 5.74) is 1.56. The molecule has 5 nitrogen and oxygen atoms in total. The molecule has 7 heteroatoms. The van der Waals surface area contributed by atoms with Crippen molar-refractivity contribution in [3.63, 3.8) is 0 Å². The fraction of sp³-hybridized carbons (Fsp3) is 0.250. The summed E-state index contributed by atoms with van der Waals surface area (Å²) in [5.74, 6) is 0.518. The molecule has 1 fully saturated rings. The highest BCUT2D eigenvalue weighted by atomic mass is 35.5. The average molecular weight is 384 g/mol. The summed E-state index contributed by atoms with van der Waals surface area (Å²) in [6, 6.07) is 12.3. The molecule has 0 unspecified atom stereocenters. The molecule has 2 N–H and O–H groups in total. The van der Waals surface area contributed by atoms with Crippen molar-refractivity contribution in [2.24, 2.45) is 0 Å². The third-order valence-electron chi connectivity index (χ3n) is 4.56. The highest BCUT2D eigenvalue weighted by Crippen LogP contribution is 2.30. The van der Waals surface area contributed by atoms with Crippen molar-refractivity contribution in [3.8, 4) is 11.4 Å². The molecule has 3 aromatic rings. The predicted octanol–water partition coefficient (Wildman–Crippen LogP) is 5.43. The summed E-state index contributed by atoms with van der Waals surface area (Å²) in [6.45, 7) is 0. The number of aromatic nitrogens is 3. The van der Waals surface area contributed by atoms with Crippen LogP contribution in [0.2, 0.25) is 5.02 Å². The Labute approximate surface area is 162 Å². The maximum absolute atomic E-state index is 14.2. The van der Waals surface area contributed by atoms with Gasteiger partial charge >= 0.3 is 0 Å². The van der Waals surface area contributed by atoms with Crippen LogP contribution in [0.5, 0.6) is 0 Å². The van der Waals surface area contributed by atoms with Crippen LogP contribution in [0, 0.1) is 5.82 Å². The Hall–Kier alpha value is -2.73. The van der Waals surface area contributed by atoms with Gasteiger partial charge in [-0.1, -0.05) is 36.6 Å². The SMILES string of the molecule is Fc1cccc(Cl)c1Nc1cc(-c2ccccn2)nc(NC2CCCC2)n1. The van der Waals surface area contributed by atoms with E-state index < -0.39 is 5.82 Å². The highest BCUT2D eigenvalue weighted by molar-refractivity contribution is 6.33. The van der Waals surface area contributed by atoms with Gasteiger partial charge in [0.1, 0.15) is 11.6 Å². The smallest absolute Gasteiger partial charge is 0.225 e. The van der Waals surface area contributed by atoms with Crippen LogP contribution >= 0.6 is 11.6 Å². The predicted molar refractivity (Wildman–Crippen MR) is 106 cm³/mol. The molecule has 0 spiro atoms. The molecule has 0 radical (unpaired) electrons. The molecule has 0 aliphatic heterocycles. The van der Waals surface area contributed by atoms with E-state index in [0.717, 1.165) is 18.5 Å². The van der Waals surface area contributed by atoms with Gasteiger partial charge in [0.25, 0.3) is 0 Å². The summed E-state index contributed by atoms with van der Waals surface area (Å²) in [4.78, 5) is 13.5. The van der Waals surface area contributed by atoms with Gasteiger partial charge < -0.3 is 10.6 Å². The van der Waals surface area contributed by atoms with Gasteiger partial charge in [-0.15, -0.1) is 0 Å². The van der Waals surface area contributed by atoms with Crippen LogP contribution in [0.25, 0.3) is 11.4 Å². The summed E-state index contributed by atoms with van der Waals surface area (Å²) in [5, 5.41) is 6.67. The number of hydrogen-bond acceptors (Lipinski definition) is 5. The molecule has 1 aliphatic rings. The second-order valence-electron chi connectivity index (χ2n) is 6.52. The van der Waals surface area contributed by atoms with Gasteiger partial charge in [0, 0.05) is 18.3 Å². The topological polar surface area (TPSA) is 62.7 Å². The van der Waals surface area contributed by atoms with E-state index >= 15 is 0 Å². The third kappa shape index (κ3) is 4.17. The second kappa shape index (κ2) is 7.88. The van der Waals surface area contributed by atoms with Crippen molar-refractivity contribution < 1.29 is 4.39 Å². The lowest BCUT2D eigenvalue weighted by Gasteiger charge is -2.15. The third-order valence-corrected chi connectivity index (χ3v) is 4.87. The lowest BCUT2D eigenvalue weighted by molar-refractivity contribution is 0.632. The molecule has 2 aromatic heterocycles. The first-order valence-corrected chi connectivity index (χ1v) is 9.35. The van der Waals surface area contributed by atoms with E-state index in [1.54, 1.807) is 24.4 Å². The van der Waals surface area contributed by atoms with Gasteiger partial charge in [0.2, 0.25) is 5.95 Å². The summed E-state index contributed by atoms with van der Waals surface area (Å²) in [7, 11) is 0. The van der Waals surface area contributed by atoms with Gasteiger partial charge in [0.05, 0.1) is 22.1 Å². The fourth-order valence-electron chi connectivity index (χ4n) is 3.22. The Balaban J connectivity index is 1.71. The Morgan fingerprint density at radius 1 is 1.00 bits per heavy atom. The van der Waals surface area contributed by atoms with Crippen LogP contribution < -0.4 is 10.6 Å². The van der Waals surface area contributed by atoms with Crippen molar-refractivity contribution in [1.82, 2.24) is 15.0 Å². The number of halogens is 2. The molecular weight excluding hydrogens is 365 g/mol. The van der Waals surface area contributed by atoms with E-state index in [1.165, 1.54) is 18.9 Å². The molecule has 27 heavy (non-hydrogen) atoms. The van der Waals surface area contributed by atoms with Crippen LogP contribution in [0.15, 0.2) is 48.7 Å². The van der Waals surface area contributed by atoms with E-state index in [9.17, 15) is 4.39 Å². The van der Waals surface area contributed by atoms with Crippen molar-refractivity contribution in [2.45, 2.75) is 31.7 Å². The minimum absolute atomic E-state index is 0.191. The van der Waals surface area contributed by atoms with Crippen LogP contribution in [0.1, 0.15) is 25.7 Å². The minimum atomic E-state index is -0.439. The van der Waals surface area contributed by atoms with Crippen LogP contribution in [0.3, 0.4) is 0 Å². The lowest BCUT2D eigenvalue weighted by Crippen LogP contribution is -2.17. The number of nitrogens with one attached hydrogen (secondary N) is 2. The van der Waals surface area contributed by atoms with Gasteiger partial charge in [-0.2, -0.15) is 4.98 Å². The first-order valence-electron chi connectivity index (χ1n) is 8.97. The van der Waals surface area contributed by atoms with Crippen LogP contribution in [-0.4, -0.2) is 21.0 Å². The van der Waals surface area contributed by atoms with E-state index in [0.29, 0.717) is 28.5 Å². The Morgan fingerprint density at radius 3 is 2.59 bits per heavy atom. The normalized spacial score (nSPS) is 14.3. The molecule has 1 aromatic carbocycles. The standard InChI is InChI=1S/C20H19ClFN5/c21-14-8-5-9-15(22)19(14)26-18-12-17(16-10-3-4-11-23-16)25-20(27-18)24-13-6-1-2-7-13/h3-5,8-13H,1-2,6-7H2,(H2,24,25,26,27). The van der Waals surface area contributed by atoms with E-state index in [4.69, 9.17) is 11.6 Å². The molecule has 4 rings (SSSR count). The number of rotatable bonds is 5. The van der Waals surface area contributed by atoms with Crippen molar-refractivity contribution in [1.29, 1.82) is 0 Å². The summed E-state index contributed by atoms with van der Waals surface area (Å²) < 4.78 is 14.2. The van der Waals surface area contributed by atoms with Gasteiger partial charge in [-0.3, -0.25) is 4.98 Å².